The van der Waals surface area contributed by atoms with Gasteiger partial charge in [0.05, 0.1) is 17.6 Å². The minimum atomic E-state index is -4.66. The molecule has 26 heavy (non-hydrogen) atoms. The SMILES string of the molecule is Cc1c2cccc(Nc3nc(Br)ncc3C(F)(F)F)c2c(O)n1CCF. The Labute approximate surface area is 153 Å². The number of nitrogens with zero attached hydrogens (tertiary/aromatic N) is 3. The van der Waals surface area contributed by atoms with Crippen LogP contribution in [0.15, 0.2) is 29.1 Å². The van der Waals surface area contributed by atoms with Crippen LogP contribution in [-0.2, 0) is 12.7 Å². The highest BCUT2D eigenvalue weighted by Crippen LogP contribution is 2.40. The highest BCUT2D eigenvalue weighted by atomic mass is 79.9. The van der Waals surface area contributed by atoms with E-state index in [1.807, 2.05) is 0 Å². The van der Waals surface area contributed by atoms with Gasteiger partial charge in [-0.1, -0.05) is 12.1 Å². The molecular weight excluding hydrogens is 420 g/mol. The molecule has 1 aromatic carbocycles. The fourth-order valence-corrected chi connectivity index (χ4v) is 3.07. The van der Waals surface area contributed by atoms with E-state index in [4.69, 9.17) is 0 Å². The molecule has 0 aliphatic carbocycles. The molecule has 3 aromatic rings. The third-order valence-corrected chi connectivity index (χ3v) is 4.35. The number of alkyl halides is 4. The minimum Gasteiger partial charge on any atom is -0.494 e. The van der Waals surface area contributed by atoms with Crippen molar-refractivity contribution in [2.45, 2.75) is 19.6 Å². The molecule has 138 valence electrons. The van der Waals surface area contributed by atoms with Gasteiger partial charge in [0.25, 0.3) is 0 Å². The number of anilines is 2. The van der Waals surface area contributed by atoms with Gasteiger partial charge in [-0.15, -0.1) is 0 Å². The van der Waals surface area contributed by atoms with Gasteiger partial charge in [0.15, 0.2) is 4.73 Å². The number of nitrogens with one attached hydrogen (secondary N) is 1. The largest absolute Gasteiger partial charge is 0.494 e. The number of aromatic nitrogens is 3. The maximum Gasteiger partial charge on any atom is 0.421 e. The van der Waals surface area contributed by atoms with E-state index in [1.165, 1.54) is 10.6 Å². The normalized spacial score (nSPS) is 11.9. The van der Waals surface area contributed by atoms with Gasteiger partial charge in [-0.3, -0.25) is 0 Å². The van der Waals surface area contributed by atoms with E-state index in [9.17, 15) is 22.7 Å². The van der Waals surface area contributed by atoms with Crippen molar-refractivity contribution in [2.24, 2.45) is 0 Å². The number of hydrogen-bond acceptors (Lipinski definition) is 4. The summed E-state index contributed by atoms with van der Waals surface area (Å²) in [5.41, 5.74) is -0.215. The predicted octanol–water partition coefficient (Wildman–Crippen LogP) is 4.94. The van der Waals surface area contributed by atoms with Crippen molar-refractivity contribution in [3.8, 4) is 5.88 Å². The van der Waals surface area contributed by atoms with Crippen molar-refractivity contribution in [2.75, 3.05) is 12.0 Å². The molecule has 2 heterocycles. The molecule has 2 N–H and O–H groups in total. The summed E-state index contributed by atoms with van der Waals surface area (Å²) >= 11 is 2.95. The molecule has 5 nitrogen and oxygen atoms in total. The van der Waals surface area contributed by atoms with Gasteiger partial charge in [0.2, 0.25) is 5.88 Å². The van der Waals surface area contributed by atoms with E-state index in [2.05, 4.69) is 31.2 Å². The Kier molecular flexibility index (Phi) is 4.78. The highest BCUT2D eigenvalue weighted by Gasteiger charge is 2.35. The Morgan fingerprint density at radius 3 is 2.69 bits per heavy atom. The number of fused-ring (bicyclic) bond motifs is 1. The molecule has 0 saturated carbocycles. The minimum absolute atomic E-state index is 0.0180. The van der Waals surface area contributed by atoms with Crippen molar-refractivity contribution >= 4 is 38.2 Å². The monoisotopic (exact) mass is 432 g/mol. The van der Waals surface area contributed by atoms with Crippen LogP contribution in [0.1, 0.15) is 11.3 Å². The molecule has 0 radical (unpaired) electrons. The Balaban J connectivity index is 2.17. The molecule has 3 rings (SSSR count). The lowest BCUT2D eigenvalue weighted by molar-refractivity contribution is -0.137. The molecule has 0 aliphatic heterocycles. The summed E-state index contributed by atoms with van der Waals surface area (Å²) in [7, 11) is 0. The van der Waals surface area contributed by atoms with E-state index >= 15 is 0 Å². The molecule has 0 unspecified atom stereocenters. The fourth-order valence-electron chi connectivity index (χ4n) is 2.79. The van der Waals surface area contributed by atoms with Crippen molar-refractivity contribution in [3.63, 3.8) is 0 Å². The zero-order valence-corrected chi connectivity index (χ0v) is 15.0. The van der Waals surface area contributed by atoms with Crippen LogP contribution in [0.3, 0.4) is 0 Å². The molecule has 0 fully saturated rings. The molecule has 0 bridgehead atoms. The van der Waals surface area contributed by atoms with Gasteiger partial charge in [-0.2, -0.15) is 13.2 Å². The lowest BCUT2D eigenvalue weighted by Crippen LogP contribution is -2.11. The molecule has 0 spiro atoms. The van der Waals surface area contributed by atoms with Gasteiger partial charge in [0, 0.05) is 17.3 Å². The van der Waals surface area contributed by atoms with Gasteiger partial charge in [-0.05, 0) is 28.9 Å². The van der Waals surface area contributed by atoms with Crippen molar-refractivity contribution in [1.29, 1.82) is 0 Å². The smallest absolute Gasteiger partial charge is 0.421 e. The standard InChI is InChI=1S/C16H13BrF4N4O/c1-8-9-3-2-4-11(12(9)14(26)25(8)6-5-18)23-13-10(16(19,20)21)7-22-15(17)24-13/h2-4,7,26H,5-6H2,1H3,(H,22,23,24). The van der Waals surface area contributed by atoms with E-state index in [1.54, 1.807) is 19.1 Å². The highest BCUT2D eigenvalue weighted by molar-refractivity contribution is 9.10. The van der Waals surface area contributed by atoms with Crippen LogP contribution in [0.25, 0.3) is 10.8 Å². The van der Waals surface area contributed by atoms with Crippen LogP contribution in [0.2, 0.25) is 0 Å². The predicted molar refractivity (Wildman–Crippen MR) is 92.3 cm³/mol. The molecule has 0 atom stereocenters. The third kappa shape index (κ3) is 3.20. The summed E-state index contributed by atoms with van der Waals surface area (Å²) in [4.78, 5) is 7.28. The first-order valence-electron chi connectivity index (χ1n) is 7.47. The van der Waals surface area contributed by atoms with Crippen molar-refractivity contribution in [1.82, 2.24) is 14.5 Å². The van der Waals surface area contributed by atoms with Crippen LogP contribution < -0.4 is 5.32 Å². The molecule has 0 amide bonds. The van der Waals surface area contributed by atoms with E-state index in [-0.39, 0.29) is 22.8 Å². The lowest BCUT2D eigenvalue weighted by atomic mass is 10.1. The van der Waals surface area contributed by atoms with E-state index < -0.39 is 24.2 Å². The lowest BCUT2D eigenvalue weighted by Gasteiger charge is -2.14. The molecule has 0 aliphatic rings. The van der Waals surface area contributed by atoms with Crippen LogP contribution >= 0.6 is 15.9 Å². The van der Waals surface area contributed by atoms with Crippen LogP contribution in [0, 0.1) is 6.92 Å². The number of benzene rings is 1. The molecule has 0 saturated heterocycles. The molecule has 10 heteroatoms. The number of rotatable bonds is 4. The van der Waals surface area contributed by atoms with Crippen molar-refractivity contribution < 1.29 is 22.7 Å². The van der Waals surface area contributed by atoms with Crippen LogP contribution in [-0.4, -0.2) is 26.3 Å². The summed E-state index contributed by atoms with van der Waals surface area (Å²) in [5.74, 6) is -0.679. The molecule has 2 aromatic heterocycles. The number of halogens is 5. The first-order chi connectivity index (χ1) is 12.2. The number of hydrogen-bond donors (Lipinski definition) is 2. The van der Waals surface area contributed by atoms with Crippen molar-refractivity contribution in [3.05, 3.63) is 40.4 Å². The second kappa shape index (κ2) is 6.75. The first kappa shape index (κ1) is 18.4. The maximum absolute atomic E-state index is 13.2. The Morgan fingerprint density at radius 2 is 2.04 bits per heavy atom. The van der Waals surface area contributed by atoms with E-state index in [0.717, 1.165) is 0 Å². The average Bonchev–Trinajstić information content (AvgIpc) is 2.80. The van der Waals surface area contributed by atoms with Crippen LogP contribution in [0.4, 0.5) is 29.1 Å². The summed E-state index contributed by atoms with van der Waals surface area (Å²) in [6.45, 7) is 0.956. The maximum atomic E-state index is 13.2. The summed E-state index contributed by atoms with van der Waals surface area (Å²) in [6, 6.07) is 4.84. The first-order valence-corrected chi connectivity index (χ1v) is 8.26. The van der Waals surface area contributed by atoms with Gasteiger partial charge in [-0.25, -0.2) is 14.4 Å². The van der Waals surface area contributed by atoms with Gasteiger partial charge in [0.1, 0.15) is 18.1 Å². The van der Waals surface area contributed by atoms with Gasteiger partial charge >= 0.3 is 6.18 Å². The molecular formula is C16H13BrF4N4O. The zero-order valence-electron chi connectivity index (χ0n) is 13.4. The quantitative estimate of drug-likeness (QED) is 0.452. The van der Waals surface area contributed by atoms with Gasteiger partial charge < -0.3 is 15.0 Å². The van der Waals surface area contributed by atoms with E-state index in [0.29, 0.717) is 22.7 Å². The Hall–Kier alpha value is -2.36. The Bertz CT molecular complexity index is 971. The zero-order chi connectivity index (χ0) is 19.1. The topological polar surface area (TPSA) is 63.0 Å². The Morgan fingerprint density at radius 1 is 1.31 bits per heavy atom. The summed E-state index contributed by atoms with van der Waals surface area (Å²) in [6.07, 6.45) is -3.99. The second-order valence-electron chi connectivity index (χ2n) is 5.50. The fraction of sp³-hybridized carbons (Fsp3) is 0.250. The number of aromatic hydroxyl groups is 1. The number of aryl methyl sites for hydroxylation is 1. The summed E-state index contributed by atoms with van der Waals surface area (Å²) < 4.78 is 53.7. The summed E-state index contributed by atoms with van der Waals surface area (Å²) in [5, 5.41) is 13.9. The third-order valence-electron chi connectivity index (χ3n) is 3.96. The average molecular weight is 433 g/mol. The second-order valence-corrected chi connectivity index (χ2v) is 6.21. The van der Waals surface area contributed by atoms with Crippen LogP contribution in [0.5, 0.6) is 5.88 Å².